The van der Waals surface area contributed by atoms with Crippen molar-refractivity contribution < 1.29 is 24.2 Å². The maximum atomic E-state index is 13.4. The number of Topliss-reactive ketones (excluding diaryl/α,β-unsaturated/α-hetero) is 1. The van der Waals surface area contributed by atoms with Crippen LogP contribution in [0.5, 0.6) is 11.5 Å². The van der Waals surface area contributed by atoms with E-state index in [4.69, 9.17) is 21.1 Å². The minimum Gasteiger partial charge on any atom is -0.507 e. The van der Waals surface area contributed by atoms with Crippen molar-refractivity contribution in [3.63, 3.8) is 0 Å². The zero-order chi connectivity index (χ0) is 25.8. The van der Waals surface area contributed by atoms with Crippen molar-refractivity contribution in [3.8, 4) is 11.5 Å². The third-order valence-electron chi connectivity index (χ3n) is 6.60. The van der Waals surface area contributed by atoms with Crippen LogP contribution in [0, 0.1) is 6.92 Å². The zero-order valence-corrected chi connectivity index (χ0v) is 21.2. The number of anilines is 1. The molecule has 6 nitrogen and oxygen atoms in total. The molecule has 0 aliphatic carbocycles. The minimum atomic E-state index is -0.829. The highest BCUT2D eigenvalue weighted by Gasteiger charge is 2.47. The normalized spacial score (nSPS) is 18.7. The van der Waals surface area contributed by atoms with Crippen LogP contribution in [-0.4, -0.2) is 23.6 Å². The maximum absolute atomic E-state index is 13.4. The van der Waals surface area contributed by atoms with Crippen molar-refractivity contribution in [2.45, 2.75) is 39.2 Å². The van der Waals surface area contributed by atoms with Gasteiger partial charge in [-0.15, -0.1) is 0 Å². The van der Waals surface area contributed by atoms with E-state index in [2.05, 4.69) is 20.8 Å². The summed E-state index contributed by atoms with van der Waals surface area (Å²) < 4.78 is 10.8. The Kier molecular flexibility index (Phi) is 5.80. The van der Waals surface area contributed by atoms with E-state index in [1.54, 1.807) is 36.4 Å². The van der Waals surface area contributed by atoms with Gasteiger partial charge < -0.3 is 14.6 Å². The number of aliphatic hydroxyl groups is 1. The average Bonchev–Trinajstić information content (AvgIpc) is 3.40. The summed E-state index contributed by atoms with van der Waals surface area (Å²) in [6.45, 7) is 8.26. The molecule has 2 aliphatic rings. The summed E-state index contributed by atoms with van der Waals surface area (Å²) in [4.78, 5) is 28.3. The first-order chi connectivity index (χ1) is 17.1. The molecule has 2 heterocycles. The fraction of sp³-hybridized carbons (Fsp3) is 0.241. The standard InChI is InChI=1S/C29H26ClNO5/c1-16-13-20(30)10-11-21(16)31-25(17-5-8-19(9-6-17)29(2,3)4)24(27(33)28(31)34)26(32)18-7-12-22-23(14-18)36-15-35-22/h5-14,25,32H,15H2,1-4H3/b26-24-. The number of carbonyl (C=O) groups excluding carboxylic acids is 2. The Bertz CT molecular complexity index is 1420. The molecule has 1 unspecified atom stereocenters. The van der Waals surface area contributed by atoms with Crippen molar-refractivity contribution in [2.24, 2.45) is 0 Å². The molecule has 2 aliphatic heterocycles. The number of halogens is 1. The third-order valence-corrected chi connectivity index (χ3v) is 6.84. The number of aliphatic hydroxyl groups excluding tert-OH is 1. The van der Waals surface area contributed by atoms with E-state index < -0.39 is 17.7 Å². The van der Waals surface area contributed by atoms with Crippen LogP contribution in [0.2, 0.25) is 5.02 Å². The summed E-state index contributed by atoms with van der Waals surface area (Å²) in [5.41, 5.74) is 3.41. The van der Waals surface area contributed by atoms with Gasteiger partial charge in [-0.1, -0.05) is 56.6 Å². The largest absolute Gasteiger partial charge is 0.507 e. The molecular formula is C29H26ClNO5. The number of amides is 1. The van der Waals surface area contributed by atoms with Crippen LogP contribution >= 0.6 is 11.6 Å². The molecule has 3 aromatic carbocycles. The molecule has 5 rings (SSSR count). The Morgan fingerprint density at radius 2 is 1.67 bits per heavy atom. The highest BCUT2D eigenvalue weighted by Crippen LogP contribution is 2.44. The van der Waals surface area contributed by atoms with Gasteiger partial charge in [-0.25, -0.2) is 0 Å². The fourth-order valence-corrected chi connectivity index (χ4v) is 4.88. The lowest BCUT2D eigenvalue weighted by molar-refractivity contribution is -0.132. The van der Waals surface area contributed by atoms with Gasteiger partial charge in [-0.3, -0.25) is 14.5 Å². The molecule has 0 saturated carbocycles. The van der Waals surface area contributed by atoms with E-state index in [-0.39, 0.29) is 23.5 Å². The molecule has 1 fully saturated rings. The number of benzene rings is 3. The van der Waals surface area contributed by atoms with Crippen LogP contribution in [0.15, 0.2) is 66.2 Å². The van der Waals surface area contributed by atoms with Crippen molar-refractivity contribution in [1.82, 2.24) is 0 Å². The van der Waals surface area contributed by atoms with Gasteiger partial charge in [0.15, 0.2) is 11.5 Å². The predicted octanol–water partition coefficient (Wildman–Crippen LogP) is 6.30. The van der Waals surface area contributed by atoms with Crippen molar-refractivity contribution >= 4 is 34.7 Å². The van der Waals surface area contributed by atoms with Crippen molar-refractivity contribution in [3.05, 3.63) is 93.5 Å². The van der Waals surface area contributed by atoms with Gasteiger partial charge in [0.1, 0.15) is 5.76 Å². The smallest absolute Gasteiger partial charge is 0.300 e. The number of fused-ring (bicyclic) bond motifs is 1. The van der Waals surface area contributed by atoms with Gasteiger partial charge in [0.05, 0.1) is 11.6 Å². The highest BCUT2D eigenvalue weighted by molar-refractivity contribution is 6.51. The van der Waals surface area contributed by atoms with Crippen LogP contribution in [0.3, 0.4) is 0 Å². The Morgan fingerprint density at radius 3 is 2.33 bits per heavy atom. The molecule has 0 bridgehead atoms. The summed E-state index contributed by atoms with van der Waals surface area (Å²) >= 11 is 6.17. The first-order valence-corrected chi connectivity index (χ1v) is 12.0. The Labute approximate surface area is 214 Å². The van der Waals surface area contributed by atoms with Crippen LogP contribution in [0.1, 0.15) is 49.1 Å². The molecule has 0 radical (unpaired) electrons. The maximum Gasteiger partial charge on any atom is 0.300 e. The number of nitrogens with zero attached hydrogens (tertiary/aromatic N) is 1. The highest BCUT2D eigenvalue weighted by atomic mass is 35.5. The van der Waals surface area contributed by atoms with Crippen molar-refractivity contribution in [2.75, 3.05) is 11.7 Å². The summed E-state index contributed by atoms with van der Waals surface area (Å²) in [6.07, 6.45) is 0. The summed E-state index contributed by atoms with van der Waals surface area (Å²) in [6, 6.07) is 17.0. The first kappa shape index (κ1) is 23.9. The fourth-order valence-electron chi connectivity index (χ4n) is 4.65. The van der Waals surface area contributed by atoms with E-state index in [9.17, 15) is 14.7 Å². The SMILES string of the molecule is Cc1cc(Cl)ccc1N1C(=O)C(=O)/C(=C(\O)c2ccc3c(c2)OCO3)C1c1ccc(C(C)(C)C)cc1. The van der Waals surface area contributed by atoms with Crippen molar-refractivity contribution in [1.29, 1.82) is 0 Å². The number of ether oxygens (including phenoxy) is 2. The first-order valence-electron chi connectivity index (χ1n) is 11.6. The van der Waals surface area contributed by atoms with Gasteiger partial charge in [0.2, 0.25) is 6.79 Å². The van der Waals surface area contributed by atoms with E-state index in [1.807, 2.05) is 31.2 Å². The molecule has 1 atom stereocenters. The molecule has 1 amide bonds. The second-order valence-corrected chi connectivity index (χ2v) is 10.5. The van der Waals surface area contributed by atoms with Crippen LogP contribution in [-0.2, 0) is 15.0 Å². The summed E-state index contributed by atoms with van der Waals surface area (Å²) in [5.74, 6) is -0.728. The number of hydrogen-bond donors (Lipinski definition) is 1. The molecule has 7 heteroatoms. The van der Waals surface area contributed by atoms with E-state index in [0.717, 1.165) is 11.1 Å². The number of carbonyl (C=O) groups is 2. The molecule has 36 heavy (non-hydrogen) atoms. The Balaban J connectivity index is 1.71. The lowest BCUT2D eigenvalue weighted by Gasteiger charge is -2.28. The number of ketones is 1. The second kappa shape index (κ2) is 8.71. The Hall–Kier alpha value is -3.77. The molecule has 0 spiro atoms. The van der Waals surface area contributed by atoms with Gasteiger partial charge in [-0.2, -0.15) is 0 Å². The van der Waals surface area contributed by atoms with Crippen LogP contribution < -0.4 is 14.4 Å². The zero-order valence-electron chi connectivity index (χ0n) is 20.5. The molecule has 184 valence electrons. The number of aryl methyl sites for hydroxylation is 1. The quantitative estimate of drug-likeness (QED) is 0.258. The van der Waals surface area contributed by atoms with E-state index in [1.165, 1.54) is 4.90 Å². The van der Waals surface area contributed by atoms with Gasteiger partial charge in [0.25, 0.3) is 11.7 Å². The van der Waals surface area contributed by atoms with E-state index in [0.29, 0.717) is 33.3 Å². The summed E-state index contributed by atoms with van der Waals surface area (Å²) in [5, 5.41) is 11.9. The van der Waals surface area contributed by atoms with Crippen LogP contribution in [0.25, 0.3) is 5.76 Å². The molecule has 1 saturated heterocycles. The monoisotopic (exact) mass is 503 g/mol. The molecule has 3 aromatic rings. The molecule has 1 N–H and O–H groups in total. The van der Waals surface area contributed by atoms with Crippen LogP contribution in [0.4, 0.5) is 5.69 Å². The van der Waals surface area contributed by atoms with Gasteiger partial charge >= 0.3 is 0 Å². The van der Waals surface area contributed by atoms with Gasteiger partial charge in [0, 0.05) is 16.3 Å². The van der Waals surface area contributed by atoms with Gasteiger partial charge in [-0.05, 0) is 65.4 Å². The van der Waals surface area contributed by atoms with E-state index >= 15 is 0 Å². The number of rotatable bonds is 3. The second-order valence-electron chi connectivity index (χ2n) is 10.0. The average molecular weight is 504 g/mol. The minimum absolute atomic E-state index is 0.0109. The lowest BCUT2D eigenvalue weighted by atomic mass is 9.85. The summed E-state index contributed by atoms with van der Waals surface area (Å²) in [7, 11) is 0. The lowest BCUT2D eigenvalue weighted by Crippen LogP contribution is -2.30. The molecule has 0 aromatic heterocycles. The number of hydrogen-bond acceptors (Lipinski definition) is 5. The third kappa shape index (κ3) is 4.01. The topological polar surface area (TPSA) is 76.1 Å². The predicted molar refractivity (Wildman–Crippen MR) is 139 cm³/mol. The Morgan fingerprint density at radius 1 is 0.972 bits per heavy atom. The molecular weight excluding hydrogens is 478 g/mol.